The first-order chi connectivity index (χ1) is 23.6. The molecule has 0 aromatic heterocycles. The van der Waals surface area contributed by atoms with Crippen LogP contribution in [0.15, 0.2) is 60.7 Å². The van der Waals surface area contributed by atoms with E-state index in [9.17, 15) is 33.8 Å². The summed E-state index contributed by atoms with van der Waals surface area (Å²) < 4.78 is 24.2. The first-order valence-electron chi connectivity index (χ1n) is 17.4. The number of amides is 1. The van der Waals surface area contributed by atoms with E-state index < -0.39 is 35.4 Å². The number of unbranched alkanes of at least 4 members (excludes halogenated alkanes) is 8. The van der Waals surface area contributed by atoms with Crippen molar-refractivity contribution in [3.63, 3.8) is 0 Å². The summed E-state index contributed by atoms with van der Waals surface area (Å²) in [5, 5.41) is 23.9. The highest BCUT2D eigenvalue weighted by molar-refractivity contribution is 5.92. The van der Waals surface area contributed by atoms with Crippen LogP contribution in [0.5, 0.6) is 0 Å². The molecule has 0 saturated heterocycles. The minimum absolute atomic E-state index is 0.0112. The summed E-state index contributed by atoms with van der Waals surface area (Å²) in [5.74, 6) is -4.81. The largest absolute Gasteiger partial charge is 0.479 e. The summed E-state index contributed by atoms with van der Waals surface area (Å²) >= 11 is 0. The van der Waals surface area contributed by atoms with Gasteiger partial charge in [0.25, 0.3) is 0 Å². The van der Waals surface area contributed by atoms with Gasteiger partial charge in [-0.15, -0.1) is 0 Å². The highest BCUT2D eigenvalue weighted by atomic mass is 19.1. The monoisotopic (exact) mass is 683 g/mol. The van der Waals surface area contributed by atoms with E-state index >= 15 is 0 Å². The average molecular weight is 684 g/mol. The normalized spacial score (nSPS) is 13.8. The maximum atomic E-state index is 14.3. The number of carbonyl (C=O) groups excluding carboxylic acids is 3. The van der Waals surface area contributed by atoms with Gasteiger partial charge in [0, 0.05) is 45.0 Å². The van der Waals surface area contributed by atoms with Gasteiger partial charge < -0.3 is 25.0 Å². The third-order valence-corrected chi connectivity index (χ3v) is 8.70. The average Bonchev–Trinajstić information content (AvgIpc) is 3.09. The van der Waals surface area contributed by atoms with Crippen LogP contribution in [0.3, 0.4) is 0 Å². The van der Waals surface area contributed by atoms with Crippen LogP contribution in [0.2, 0.25) is 0 Å². The molecule has 3 atom stereocenters. The lowest BCUT2D eigenvalue weighted by atomic mass is 9.83. The van der Waals surface area contributed by atoms with Crippen molar-refractivity contribution in [1.29, 1.82) is 0 Å². The lowest BCUT2D eigenvalue weighted by molar-refractivity contribution is -0.169. The Morgan fingerprint density at radius 1 is 0.898 bits per heavy atom. The molecule has 0 heterocycles. The molecular formula is C39H54FNO8. The highest BCUT2D eigenvalue weighted by Crippen LogP contribution is 2.27. The van der Waals surface area contributed by atoms with Crippen molar-refractivity contribution in [3.05, 3.63) is 72.1 Å². The Hall–Kier alpha value is -3.89. The van der Waals surface area contributed by atoms with Gasteiger partial charge in [-0.05, 0) is 42.9 Å². The molecule has 0 spiro atoms. The van der Waals surface area contributed by atoms with Crippen LogP contribution >= 0.6 is 0 Å². The summed E-state index contributed by atoms with van der Waals surface area (Å²) in [6.45, 7) is 2.05. The van der Waals surface area contributed by atoms with Crippen LogP contribution in [0.25, 0.3) is 11.1 Å². The van der Waals surface area contributed by atoms with E-state index in [1.807, 2.05) is 0 Å². The van der Waals surface area contributed by atoms with E-state index in [0.29, 0.717) is 41.7 Å². The van der Waals surface area contributed by atoms with Gasteiger partial charge in [0.05, 0.1) is 13.0 Å². The number of Topliss-reactive ketones (excluding diaryl/α,β-unsaturated/α-hetero) is 1. The van der Waals surface area contributed by atoms with Crippen molar-refractivity contribution in [2.75, 3.05) is 20.8 Å². The molecule has 0 saturated carbocycles. The number of ketones is 1. The van der Waals surface area contributed by atoms with Crippen molar-refractivity contribution < 1.29 is 43.3 Å². The molecule has 270 valence electrons. The third kappa shape index (κ3) is 14.2. The molecule has 0 aliphatic rings. The van der Waals surface area contributed by atoms with Crippen molar-refractivity contribution >= 4 is 23.6 Å². The van der Waals surface area contributed by atoms with Gasteiger partial charge in [-0.2, -0.15) is 0 Å². The van der Waals surface area contributed by atoms with Crippen LogP contribution in [0.1, 0.15) is 96.0 Å². The number of nitrogens with one attached hydrogen (secondary N) is 1. The topological polar surface area (TPSA) is 139 Å². The van der Waals surface area contributed by atoms with Crippen molar-refractivity contribution in [2.45, 2.75) is 108 Å². The fourth-order valence-corrected chi connectivity index (χ4v) is 5.69. The number of carbonyl (C=O) groups is 4. The molecule has 1 amide bonds. The molecule has 0 aliphatic heterocycles. The first kappa shape index (κ1) is 41.3. The number of aliphatic hydroxyl groups is 1. The standard InChI is InChI=1S/C39H54FNO8/c1-4-5-6-9-12-17-31(42)18-13-10-7-8-11-14-20-33(39(47,38(45)46)26-27-48-2)36(43)41-35(37(44)49-3)28-29-22-24-30(25-23-29)32-19-15-16-21-34(32)40/h14-16,19-25,33,35,47H,4-13,17-18,26-28H2,1-3H3,(H,41,43)(H,45,46)/t33-,35?,39+/m1/s1. The lowest BCUT2D eigenvalue weighted by Crippen LogP contribution is -2.55. The first-order valence-corrected chi connectivity index (χ1v) is 17.4. The number of hydrogen-bond donors (Lipinski definition) is 3. The van der Waals surface area contributed by atoms with E-state index in [-0.39, 0.29) is 25.3 Å². The van der Waals surface area contributed by atoms with Crippen molar-refractivity contribution in [2.24, 2.45) is 5.92 Å². The molecule has 0 fully saturated rings. The predicted octanol–water partition coefficient (Wildman–Crippen LogP) is 6.99. The van der Waals surface area contributed by atoms with E-state index in [1.165, 1.54) is 45.6 Å². The fraction of sp³-hybridized carbons (Fsp3) is 0.538. The van der Waals surface area contributed by atoms with Gasteiger partial charge in [0.1, 0.15) is 17.6 Å². The Bertz CT molecular complexity index is 1340. The number of benzene rings is 2. The molecule has 3 N–H and O–H groups in total. The number of hydrogen-bond acceptors (Lipinski definition) is 7. The van der Waals surface area contributed by atoms with Gasteiger partial charge >= 0.3 is 11.9 Å². The molecule has 2 aromatic rings. The molecule has 9 nitrogen and oxygen atoms in total. The number of carboxylic acids is 1. The Morgan fingerprint density at radius 2 is 1.53 bits per heavy atom. The number of esters is 1. The predicted molar refractivity (Wildman–Crippen MR) is 187 cm³/mol. The molecule has 1 unspecified atom stereocenters. The Balaban J connectivity index is 2.06. The van der Waals surface area contributed by atoms with E-state index in [2.05, 4.69) is 12.2 Å². The zero-order chi connectivity index (χ0) is 36.1. The second-order valence-electron chi connectivity index (χ2n) is 12.5. The van der Waals surface area contributed by atoms with Crippen LogP contribution in [-0.2, 0) is 35.1 Å². The third-order valence-electron chi connectivity index (χ3n) is 8.70. The van der Waals surface area contributed by atoms with E-state index in [4.69, 9.17) is 9.47 Å². The summed E-state index contributed by atoms with van der Waals surface area (Å²) in [6.07, 6.45) is 13.4. The molecule has 10 heteroatoms. The minimum Gasteiger partial charge on any atom is -0.479 e. The summed E-state index contributed by atoms with van der Waals surface area (Å²) in [7, 11) is 2.54. The summed E-state index contributed by atoms with van der Waals surface area (Å²) in [6, 6.07) is 12.0. The SMILES string of the molecule is CCCCCCCC(=O)CCCCCCC=C[C@H](C(=O)NC(Cc1ccc(-c2ccccc2F)cc1)C(=O)OC)[C@@](O)(CCOC)C(=O)O. The smallest absolute Gasteiger partial charge is 0.336 e. The number of methoxy groups -OCH3 is 2. The number of allylic oxidation sites excluding steroid dienone is 1. The maximum absolute atomic E-state index is 14.3. The summed E-state index contributed by atoms with van der Waals surface area (Å²) in [5.41, 5.74) is -0.805. The zero-order valence-corrected chi connectivity index (χ0v) is 29.3. The zero-order valence-electron chi connectivity index (χ0n) is 29.3. The van der Waals surface area contributed by atoms with Crippen LogP contribution in [0.4, 0.5) is 4.39 Å². The van der Waals surface area contributed by atoms with Gasteiger partial charge in [-0.1, -0.05) is 100 Å². The fourth-order valence-electron chi connectivity index (χ4n) is 5.69. The quantitative estimate of drug-likeness (QED) is 0.0579. The molecule has 2 rings (SSSR count). The van der Waals surface area contributed by atoms with Gasteiger partial charge in [0.15, 0.2) is 5.60 Å². The maximum Gasteiger partial charge on any atom is 0.336 e. The second-order valence-corrected chi connectivity index (χ2v) is 12.5. The molecule has 0 bridgehead atoms. The molecule has 0 aliphatic carbocycles. The van der Waals surface area contributed by atoms with Crippen LogP contribution in [0, 0.1) is 11.7 Å². The number of aliphatic carboxylic acids is 1. The highest BCUT2D eigenvalue weighted by Gasteiger charge is 2.47. The van der Waals surface area contributed by atoms with Crippen molar-refractivity contribution in [1.82, 2.24) is 5.32 Å². The molecule has 0 radical (unpaired) electrons. The number of halogens is 1. The summed E-state index contributed by atoms with van der Waals surface area (Å²) in [4.78, 5) is 50.8. The van der Waals surface area contributed by atoms with Gasteiger partial charge in [-0.3, -0.25) is 9.59 Å². The van der Waals surface area contributed by atoms with Gasteiger partial charge in [-0.25, -0.2) is 14.0 Å². The van der Waals surface area contributed by atoms with E-state index in [0.717, 1.165) is 38.5 Å². The number of rotatable bonds is 25. The Morgan fingerprint density at radius 3 is 2.12 bits per heavy atom. The van der Waals surface area contributed by atoms with E-state index in [1.54, 1.807) is 48.5 Å². The molecule has 49 heavy (non-hydrogen) atoms. The van der Waals surface area contributed by atoms with Crippen LogP contribution < -0.4 is 5.32 Å². The van der Waals surface area contributed by atoms with Crippen molar-refractivity contribution in [3.8, 4) is 11.1 Å². The Labute approximate surface area is 290 Å². The number of carboxylic acid groups (broad SMARTS) is 1. The molecular weight excluding hydrogens is 629 g/mol. The van der Waals surface area contributed by atoms with Crippen LogP contribution in [-0.4, -0.2) is 66.3 Å². The molecule has 2 aromatic carbocycles. The second kappa shape index (κ2) is 22.7. The number of ether oxygens (including phenoxy) is 2. The van der Waals surface area contributed by atoms with Gasteiger partial charge in [0.2, 0.25) is 5.91 Å². The minimum atomic E-state index is -2.50. The lowest BCUT2D eigenvalue weighted by Gasteiger charge is -2.30. The Kier molecular flexibility index (Phi) is 19.1.